The van der Waals surface area contributed by atoms with Crippen molar-refractivity contribution in [2.24, 2.45) is 0 Å². The van der Waals surface area contributed by atoms with Gasteiger partial charge in [0.2, 0.25) is 0 Å². The number of halogens is 1. The summed E-state index contributed by atoms with van der Waals surface area (Å²) in [6.07, 6.45) is 4.98. The van der Waals surface area contributed by atoms with Crippen molar-refractivity contribution in [2.75, 3.05) is 20.1 Å². The fourth-order valence-electron chi connectivity index (χ4n) is 2.81. The van der Waals surface area contributed by atoms with Crippen molar-refractivity contribution in [3.8, 4) is 5.75 Å². The highest BCUT2D eigenvalue weighted by Crippen LogP contribution is 2.27. The Bertz CT molecular complexity index is 411. The summed E-state index contributed by atoms with van der Waals surface area (Å²) in [6.45, 7) is 2.95. The summed E-state index contributed by atoms with van der Waals surface area (Å²) in [7, 11) is 2.00. The van der Waals surface area contributed by atoms with Crippen molar-refractivity contribution < 1.29 is 5.11 Å². The van der Waals surface area contributed by atoms with E-state index in [9.17, 15) is 5.11 Å². The van der Waals surface area contributed by atoms with Crippen LogP contribution in [0.25, 0.3) is 0 Å². The molecule has 0 saturated carbocycles. The van der Waals surface area contributed by atoms with Crippen LogP contribution in [0.3, 0.4) is 0 Å². The minimum Gasteiger partial charge on any atom is -0.508 e. The molecule has 0 radical (unpaired) electrons. The number of likely N-dealkylation sites (tertiary alicyclic amines) is 1. The number of hydrogen-bond acceptors (Lipinski definition) is 3. The third-order valence-corrected chi connectivity index (χ3v) is 4.13. The van der Waals surface area contributed by atoms with E-state index in [0.29, 0.717) is 16.8 Å². The molecule has 0 amide bonds. The van der Waals surface area contributed by atoms with Crippen molar-refractivity contribution >= 4 is 11.6 Å². The van der Waals surface area contributed by atoms with Gasteiger partial charge in [0, 0.05) is 23.2 Å². The van der Waals surface area contributed by atoms with E-state index in [0.717, 1.165) is 31.6 Å². The summed E-state index contributed by atoms with van der Waals surface area (Å²) in [5, 5.41) is 13.8. The van der Waals surface area contributed by atoms with Crippen molar-refractivity contribution in [3.63, 3.8) is 0 Å². The van der Waals surface area contributed by atoms with Crippen molar-refractivity contribution in [2.45, 2.75) is 38.3 Å². The van der Waals surface area contributed by atoms with E-state index in [1.807, 2.05) is 13.1 Å². The largest absolute Gasteiger partial charge is 0.508 e. The molecule has 1 aromatic carbocycles. The van der Waals surface area contributed by atoms with Crippen LogP contribution in [0.2, 0.25) is 5.02 Å². The van der Waals surface area contributed by atoms with Gasteiger partial charge in [0.05, 0.1) is 0 Å². The standard InChI is InChI=1S/C15H23ClN2O/c1-17-8-7-14-4-2-3-9-18(14)11-12-10-13(16)5-6-15(12)19/h5-6,10,14,17,19H,2-4,7-9,11H2,1H3. The molecule has 0 aromatic heterocycles. The number of nitrogens with zero attached hydrogens (tertiary/aromatic N) is 1. The molecule has 1 aliphatic heterocycles. The molecule has 1 saturated heterocycles. The summed E-state index contributed by atoms with van der Waals surface area (Å²) < 4.78 is 0. The molecule has 106 valence electrons. The van der Waals surface area contributed by atoms with Crippen LogP contribution in [-0.2, 0) is 6.54 Å². The Labute approximate surface area is 120 Å². The number of phenolic OH excluding ortho intramolecular Hbond substituents is 1. The smallest absolute Gasteiger partial charge is 0.120 e. The molecule has 1 aliphatic rings. The zero-order valence-electron chi connectivity index (χ0n) is 11.5. The molecule has 0 aliphatic carbocycles. The molecule has 1 atom stereocenters. The lowest BCUT2D eigenvalue weighted by atomic mass is 9.98. The molecular formula is C15H23ClN2O. The number of piperidine rings is 1. The van der Waals surface area contributed by atoms with Gasteiger partial charge in [-0.1, -0.05) is 18.0 Å². The van der Waals surface area contributed by atoms with Crippen LogP contribution in [-0.4, -0.2) is 36.2 Å². The van der Waals surface area contributed by atoms with E-state index in [-0.39, 0.29) is 0 Å². The molecule has 2 rings (SSSR count). The summed E-state index contributed by atoms with van der Waals surface area (Å²) in [6, 6.07) is 5.90. The second-order valence-electron chi connectivity index (χ2n) is 5.29. The zero-order chi connectivity index (χ0) is 13.7. The molecule has 0 spiro atoms. The second-order valence-corrected chi connectivity index (χ2v) is 5.72. The van der Waals surface area contributed by atoms with Gasteiger partial charge in [0.25, 0.3) is 0 Å². The molecule has 4 heteroatoms. The van der Waals surface area contributed by atoms with Gasteiger partial charge in [-0.05, 0) is 57.6 Å². The Morgan fingerprint density at radius 3 is 3.05 bits per heavy atom. The first-order valence-electron chi connectivity index (χ1n) is 7.06. The highest BCUT2D eigenvalue weighted by atomic mass is 35.5. The number of hydrogen-bond donors (Lipinski definition) is 2. The third kappa shape index (κ3) is 4.10. The lowest BCUT2D eigenvalue weighted by Gasteiger charge is -2.36. The lowest BCUT2D eigenvalue weighted by molar-refractivity contribution is 0.131. The third-order valence-electron chi connectivity index (χ3n) is 3.89. The van der Waals surface area contributed by atoms with Gasteiger partial charge in [0.15, 0.2) is 0 Å². The second kappa shape index (κ2) is 7.13. The van der Waals surface area contributed by atoms with E-state index in [1.165, 1.54) is 19.3 Å². The molecule has 19 heavy (non-hydrogen) atoms. The van der Waals surface area contributed by atoms with Gasteiger partial charge in [0.1, 0.15) is 5.75 Å². The Morgan fingerprint density at radius 2 is 2.26 bits per heavy atom. The van der Waals surface area contributed by atoms with Crippen molar-refractivity contribution in [1.29, 1.82) is 0 Å². The van der Waals surface area contributed by atoms with E-state index in [1.54, 1.807) is 12.1 Å². The normalized spacial score (nSPS) is 20.6. The van der Waals surface area contributed by atoms with Gasteiger partial charge in [-0.2, -0.15) is 0 Å². The van der Waals surface area contributed by atoms with Crippen LogP contribution in [0, 0.1) is 0 Å². The Morgan fingerprint density at radius 1 is 1.42 bits per heavy atom. The van der Waals surface area contributed by atoms with Gasteiger partial charge in [-0.25, -0.2) is 0 Å². The Balaban J connectivity index is 2.04. The Hall–Kier alpha value is -0.770. The number of nitrogens with one attached hydrogen (secondary N) is 1. The molecule has 0 bridgehead atoms. The molecule has 1 aromatic rings. The summed E-state index contributed by atoms with van der Waals surface area (Å²) in [4.78, 5) is 2.48. The van der Waals surface area contributed by atoms with Crippen molar-refractivity contribution in [1.82, 2.24) is 10.2 Å². The predicted molar refractivity (Wildman–Crippen MR) is 79.7 cm³/mol. The fraction of sp³-hybridized carbons (Fsp3) is 0.600. The van der Waals surface area contributed by atoms with E-state index in [4.69, 9.17) is 11.6 Å². The summed E-state index contributed by atoms with van der Waals surface area (Å²) in [5.41, 5.74) is 0.934. The minimum atomic E-state index is 0.349. The summed E-state index contributed by atoms with van der Waals surface area (Å²) >= 11 is 6.01. The minimum absolute atomic E-state index is 0.349. The molecule has 3 nitrogen and oxygen atoms in total. The first-order chi connectivity index (χ1) is 9.20. The van der Waals surface area contributed by atoms with Gasteiger partial charge < -0.3 is 10.4 Å². The topological polar surface area (TPSA) is 35.5 Å². The van der Waals surface area contributed by atoms with Crippen LogP contribution in [0.15, 0.2) is 18.2 Å². The fourth-order valence-corrected chi connectivity index (χ4v) is 3.00. The van der Waals surface area contributed by atoms with Crippen LogP contribution < -0.4 is 5.32 Å². The van der Waals surface area contributed by atoms with E-state index >= 15 is 0 Å². The maximum atomic E-state index is 9.93. The van der Waals surface area contributed by atoms with E-state index in [2.05, 4.69) is 10.2 Å². The number of rotatable bonds is 5. The first kappa shape index (κ1) is 14.6. The lowest BCUT2D eigenvalue weighted by Crippen LogP contribution is -2.40. The Kier molecular flexibility index (Phi) is 5.49. The van der Waals surface area contributed by atoms with E-state index < -0.39 is 0 Å². The number of phenols is 1. The van der Waals surface area contributed by atoms with Gasteiger partial charge >= 0.3 is 0 Å². The van der Waals surface area contributed by atoms with Gasteiger partial charge in [-0.3, -0.25) is 4.90 Å². The number of aromatic hydroxyl groups is 1. The SMILES string of the molecule is CNCCC1CCCCN1Cc1cc(Cl)ccc1O. The summed E-state index contributed by atoms with van der Waals surface area (Å²) in [5.74, 6) is 0.349. The predicted octanol–water partition coefficient (Wildman–Crippen LogP) is 3.01. The average Bonchev–Trinajstić information content (AvgIpc) is 2.42. The maximum absolute atomic E-state index is 9.93. The maximum Gasteiger partial charge on any atom is 0.120 e. The van der Waals surface area contributed by atoms with Crippen LogP contribution in [0.4, 0.5) is 0 Å². The molecular weight excluding hydrogens is 260 g/mol. The number of benzene rings is 1. The zero-order valence-corrected chi connectivity index (χ0v) is 12.3. The van der Waals surface area contributed by atoms with Crippen LogP contribution in [0.5, 0.6) is 5.75 Å². The molecule has 1 fully saturated rings. The monoisotopic (exact) mass is 282 g/mol. The first-order valence-corrected chi connectivity index (χ1v) is 7.44. The molecule has 1 unspecified atom stereocenters. The molecule has 1 heterocycles. The van der Waals surface area contributed by atoms with Gasteiger partial charge in [-0.15, -0.1) is 0 Å². The van der Waals surface area contributed by atoms with Crippen LogP contribution in [0.1, 0.15) is 31.2 Å². The highest BCUT2D eigenvalue weighted by Gasteiger charge is 2.22. The van der Waals surface area contributed by atoms with Crippen LogP contribution >= 0.6 is 11.6 Å². The quantitative estimate of drug-likeness (QED) is 0.871. The molecule has 2 N–H and O–H groups in total. The average molecular weight is 283 g/mol. The highest BCUT2D eigenvalue weighted by molar-refractivity contribution is 6.30. The van der Waals surface area contributed by atoms with Crippen molar-refractivity contribution in [3.05, 3.63) is 28.8 Å².